The van der Waals surface area contributed by atoms with Crippen molar-refractivity contribution in [3.8, 4) is 0 Å². The van der Waals surface area contributed by atoms with Gasteiger partial charge in [-0.3, -0.25) is 4.99 Å². The smallest absolute Gasteiger partial charge is 0.135 e. The van der Waals surface area contributed by atoms with Crippen molar-refractivity contribution in [3.63, 3.8) is 0 Å². The molecule has 0 aliphatic carbocycles. The van der Waals surface area contributed by atoms with Gasteiger partial charge in [0, 0.05) is 17.3 Å². The second kappa shape index (κ2) is 7.18. The highest BCUT2D eigenvalue weighted by molar-refractivity contribution is 7.08. The third kappa shape index (κ3) is 3.58. The molecule has 2 aromatic rings. The van der Waals surface area contributed by atoms with E-state index >= 15 is 0 Å². The van der Waals surface area contributed by atoms with Gasteiger partial charge in [0.25, 0.3) is 0 Å². The molecular weight excluding hydrogens is 328 g/mol. The number of thiophene rings is 1. The molecule has 3 heterocycles. The molecule has 132 valence electrons. The topological polar surface area (TPSA) is 39.7 Å². The summed E-state index contributed by atoms with van der Waals surface area (Å²) in [4.78, 5) is 7.47. The number of piperidine rings is 1. The van der Waals surface area contributed by atoms with Crippen LogP contribution in [-0.4, -0.2) is 36.9 Å². The Kier molecular flexibility index (Phi) is 4.77. The second-order valence-electron chi connectivity index (χ2n) is 7.06. The molecule has 0 radical (unpaired) electrons. The van der Waals surface area contributed by atoms with Crippen molar-refractivity contribution in [2.24, 2.45) is 4.99 Å². The van der Waals surface area contributed by atoms with Crippen LogP contribution in [0.4, 0.5) is 17.1 Å². The Hall–Kier alpha value is -1.85. The van der Waals surface area contributed by atoms with Gasteiger partial charge in [0.2, 0.25) is 0 Å². The van der Waals surface area contributed by atoms with Gasteiger partial charge in [0.05, 0.1) is 29.2 Å². The first-order valence-corrected chi connectivity index (χ1v) is 10.1. The lowest BCUT2D eigenvalue weighted by molar-refractivity contribution is 0.235. The van der Waals surface area contributed by atoms with Crippen LogP contribution in [0.15, 0.2) is 27.9 Å². The van der Waals surface area contributed by atoms with E-state index in [0.717, 1.165) is 36.0 Å². The van der Waals surface area contributed by atoms with E-state index in [4.69, 9.17) is 4.99 Å². The molecular formula is C20H26N4S. The number of hydrogen-bond donors (Lipinski definition) is 2. The van der Waals surface area contributed by atoms with Crippen molar-refractivity contribution in [2.75, 3.05) is 36.8 Å². The van der Waals surface area contributed by atoms with Gasteiger partial charge in [0.1, 0.15) is 5.84 Å². The zero-order valence-electron chi connectivity index (χ0n) is 15.1. The number of nitrogens with one attached hydrogen (secondary N) is 2. The zero-order valence-corrected chi connectivity index (χ0v) is 15.9. The average Bonchev–Trinajstić information content (AvgIpc) is 3.02. The number of hydrogen-bond acceptors (Lipinski definition) is 4. The molecule has 1 aromatic carbocycles. The molecule has 1 saturated heterocycles. The Labute approximate surface area is 154 Å². The predicted molar refractivity (Wildman–Crippen MR) is 109 cm³/mol. The van der Waals surface area contributed by atoms with Gasteiger partial charge in [-0.05, 0) is 63.0 Å². The highest BCUT2D eigenvalue weighted by Crippen LogP contribution is 2.35. The Morgan fingerprint density at radius 1 is 0.960 bits per heavy atom. The summed E-state index contributed by atoms with van der Waals surface area (Å²) in [6.07, 6.45) is 4.05. The van der Waals surface area contributed by atoms with Gasteiger partial charge in [0.15, 0.2) is 0 Å². The molecule has 4 nitrogen and oxygen atoms in total. The summed E-state index contributed by atoms with van der Waals surface area (Å²) in [6, 6.07) is 4.43. The fraction of sp³-hybridized carbons (Fsp3) is 0.450. The zero-order chi connectivity index (χ0) is 17.2. The molecule has 4 rings (SSSR count). The largest absolute Gasteiger partial charge is 0.353 e. The highest BCUT2D eigenvalue weighted by Gasteiger charge is 2.19. The Bertz CT molecular complexity index is 787. The number of likely N-dealkylation sites (tertiary alicyclic amines) is 1. The maximum atomic E-state index is 4.93. The normalized spacial score (nSPS) is 18.9. The number of aryl methyl sites for hydroxylation is 2. The molecule has 1 fully saturated rings. The fourth-order valence-electron chi connectivity index (χ4n) is 3.55. The molecule has 2 aliphatic rings. The van der Waals surface area contributed by atoms with Crippen LogP contribution in [0.1, 0.15) is 36.0 Å². The van der Waals surface area contributed by atoms with Gasteiger partial charge in [-0.2, -0.15) is 0 Å². The number of nitrogens with zero attached hydrogens (tertiary/aromatic N) is 2. The van der Waals surface area contributed by atoms with E-state index in [1.54, 1.807) is 11.3 Å². The monoisotopic (exact) mass is 354 g/mol. The summed E-state index contributed by atoms with van der Waals surface area (Å²) in [7, 11) is 0. The van der Waals surface area contributed by atoms with Gasteiger partial charge in [-0.15, -0.1) is 11.3 Å². The van der Waals surface area contributed by atoms with Crippen molar-refractivity contribution in [1.82, 2.24) is 4.90 Å². The van der Waals surface area contributed by atoms with Crippen molar-refractivity contribution in [3.05, 3.63) is 39.6 Å². The van der Waals surface area contributed by atoms with Crippen LogP contribution in [0.3, 0.4) is 0 Å². The SMILES string of the molecule is Cc1cc2c(cc1C)Nc1cscc1C(=NCCN1CCCCC1)N2. The lowest BCUT2D eigenvalue weighted by Gasteiger charge is -2.25. The molecule has 0 amide bonds. The van der Waals surface area contributed by atoms with Crippen LogP contribution in [0.5, 0.6) is 0 Å². The highest BCUT2D eigenvalue weighted by atomic mass is 32.1. The lowest BCUT2D eigenvalue weighted by Crippen LogP contribution is -2.32. The number of rotatable bonds is 3. The first-order valence-electron chi connectivity index (χ1n) is 9.19. The van der Waals surface area contributed by atoms with Crippen LogP contribution in [0.2, 0.25) is 0 Å². The maximum absolute atomic E-state index is 4.93. The minimum Gasteiger partial charge on any atom is -0.353 e. The quantitative estimate of drug-likeness (QED) is 0.834. The first kappa shape index (κ1) is 16.6. The van der Waals surface area contributed by atoms with Gasteiger partial charge in [-0.25, -0.2) is 0 Å². The van der Waals surface area contributed by atoms with Crippen LogP contribution < -0.4 is 10.6 Å². The standard InChI is InChI=1S/C20H26N4S/c1-14-10-17-18(11-15(14)2)23-20(16-12-25-13-19(16)22-17)21-6-9-24-7-4-3-5-8-24/h10-13,22H,3-9H2,1-2H3,(H,21,23). The lowest BCUT2D eigenvalue weighted by atomic mass is 10.1. The van der Waals surface area contributed by atoms with Crippen molar-refractivity contribution < 1.29 is 0 Å². The summed E-state index contributed by atoms with van der Waals surface area (Å²) in [5.41, 5.74) is 7.16. The Balaban J connectivity index is 1.58. The van der Waals surface area contributed by atoms with Gasteiger partial charge < -0.3 is 15.5 Å². The van der Waals surface area contributed by atoms with E-state index in [-0.39, 0.29) is 0 Å². The van der Waals surface area contributed by atoms with Gasteiger partial charge >= 0.3 is 0 Å². The van der Waals surface area contributed by atoms with E-state index in [9.17, 15) is 0 Å². The number of fused-ring (bicyclic) bond motifs is 2. The molecule has 0 saturated carbocycles. The maximum Gasteiger partial charge on any atom is 0.135 e. The van der Waals surface area contributed by atoms with E-state index in [1.807, 2.05) is 0 Å². The number of benzene rings is 1. The summed E-state index contributed by atoms with van der Waals surface area (Å²) in [5, 5.41) is 11.5. The molecule has 5 heteroatoms. The molecule has 0 bridgehead atoms. The number of anilines is 3. The molecule has 1 aromatic heterocycles. The van der Waals surface area contributed by atoms with Crippen molar-refractivity contribution in [2.45, 2.75) is 33.1 Å². The summed E-state index contributed by atoms with van der Waals surface area (Å²) >= 11 is 1.72. The first-order chi connectivity index (χ1) is 12.2. The molecule has 2 N–H and O–H groups in total. The third-order valence-electron chi connectivity index (χ3n) is 5.21. The van der Waals surface area contributed by atoms with E-state index in [0.29, 0.717) is 0 Å². The van der Waals surface area contributed by atoms with Crippen LogP contribution in [0.25, 0.3) is 0 Å². The number of aliphatic imine (C=N–C) groups is 1. The minimum absolute atomic E-state index is 0.845. The van der Waals surface area contributed by atoms with E-state index in [1.165, 1.54) is 49.0 Å². The van der Waals surface area contributed by atoms with Crippen molar-refractivity contribution in [1.29, 1.82) is 0 Å². The Morgan fingerprint density at radius 2 is 1.68 bits per heavy atom. The summed E-state index contributed by atoms with van der Waals surface area (Å²) in [5.74, 6) is 0.989. The van der Waals surface area contributed by atoms with E-state index in [2.05, 4.69) is 52.3 Å². The summed E-state index contributed by atoms with van der Waals surface area (Å²) in [6.45, 7) is 8.67. The Morgan fingerprint density at radius 3 is 2.44 bits per heavy atom. The third-order valence-corrected chi connectivity index (χ3v) is 5.95. The fourth-order valence-corrected chi connectivity index (χ4v) is 4.32. The number of amidine groups is 1. The van der Waals surface area contributed by atoms with E-state index < -0.39 is 0 Å². The molecule has 0 unspecified atom stereocenters. The summed E-state index contributed by atoms with van der Waals surface area (Å²) < 4.78 is 0. The van der Waals surface area contributed by atoms with Gasteiger partial charge in [-0.1, -0.05) is 6.42 Å². The molecule has 25 heavy (non-hydrogen) atoms. The van der Waals surface area contributed by atoms with Crippen molar-refractivity contribution >= 4 is 34.2 Å². The second-order valence-corrected chi connectivity index (χ2v) is 7.81. The average molecular weight is 355 g/mol. The van der Waals surface area contributed by atoms with Crippen LogP contribution >= 0.6 is 11.3 Å². The molecule has 0 spiro atoms. The van der Waals surface area contributed by atoms with Crippen LogP contribution in [-0.2, 0) is 0 Å². The molecule has 2 aliphatic heterocycles. The minimum atomic E-state index is 0.845. The predicted octanol–water partition coefficient (Wildman–Crippen LogP) is 4.77. The molecule has 0 atom stereocenters. The van der Waals surface area contributed by atoms with Crippen LogP contribution in [0, 0.1) is 13.8 Å².